The summed E-state index contributed by atoms with van der Waals surface area (Å²) in [6, 6.07) is 20.6. The van der Waals surface area contributed by atoms with Crippen molar-refractivity contribution in [2.24, 2.45) is 5.73 Å². The van der Waals surface area contributed by atoms with Gasteiger partial charge in [0.05, 0.1) is 30.2 Å². The number of nitrogens with two attached hydrogens (primary N) is 1. The van der Waals surface area contributed by atoms with Gasteiger partial charge in [0.1, 0.15) is 20.8 Å². The van der Waals surface area contributed by atoms with Crippen molar-refractivity contribution < 1.29 is 18.7 Å². The van der Waals surface area contributed by atoms with E-state index in [0.29, 0.717) is 5.69 Å². The van der Waals surface area contributed by atoms with E-state index < -0.39 is 29.2 Å². The number of rotatable bonds is 4. The predicted octanol–water partition coefficient (Wildman–Crippen LogP) is 2.39. The highest BCUT2D eigenvalue weighted by Crippen LogP contribution is 2.37. The number of thiazole rings is 1. The second-order valence-electron chi connectivity index (χ2n) is 8.37. The second-order valence-corrected chi connectivity index (χ2v) is 9.41. The van der Waals surface area contributed by atoms with Crippen LogP contribution < -0.4 is 25.8 Å². The van der Waals surface area contributed by atoms with Gasteiger partial charge in [-0.3, -0.25) is 14.2 Å². The van der Waals surface area contributed by atoms with Crippen molar-refractivity contribution in [1.29, 1.82) is 5.26 Å². The van der Waals surface area contributed by atoms with Crippen LogP contribution in [0.15, 0.2) is 77.1 Å². The number of aromatic nitrogens is 1. The van der Waals surface area contributed by atoms with Gasteiger partial charge in [-0.1, -0.05) is 48.5 Å². The first-order chi connectivity index (χ1) is 18.3. The van der Waals surface area contributed by atoms with Crippen molar-refractivity contribution in [2.45, 2.75) is 5.92 Å². The Kier molecular flexibility index (Phi) is 6.36. The number of fused-ring (bicyclic) bond motifs is 2. The minimum atomic E-state index is -1.20. The van der Waals surface area contributed by atoms with Crippen molar-refractivity contribution in [2.75, 3.05) is 12.4 Å². The molecule has 0 fully saturated rings. The van der Waals surface area contributed by atoms with E-state index in [1.807, 2.05) is 36.4 Å². The molecular formula is C28H19FN4O4S. The number of carbonyl (C=O) groups excluding carboxylic acids is 2. The number of methoxy groups -OCH3 is 1. The highest BCUT2D eigenvalue weighted by atomic mass is 32.1. The average molecular weight is 527 g/mol. The van der Waals surface area contributed by atoms with E-state index in [-0.39, 0.29) is 31.7 Å². The maximum absolute atomic E-state index is 15.1. The maximum atomic E-state index is 15.1. The molecule has 5 rings (SSSR count). The number of anilines is 1. The van der Waals surface area contributed by atoms with Crippen molar-refractivity contribution in [3.05, 3.63) is 103 Å². The molecule has 0 bridgehead atoms. The molecule has 3 N–H and O–H groups in total. The van der Waals surface area contributed by atoms with Crippen LogP contribution in [-0.2, 0) is 14.3 Å². The zero-order valence-electron chi connectivity index (χ0n) is 19.9. The Morgan fingerprint density at radius 1 is 1.13 bits per heavy atom. The van der Waals surface area contributed by atoms with Crippen LogP contribution in [-0.4, -0.2) is 23.6 Å². The van der Waals surface area contributed by atoms with Crippen LogP contribution in [0.3, 0.4) is 0 Å². The van der Waals surface area contributed by atoms with Gasteiger partial charge >= 0.3 is 5.97 Å². The summed E-state index contributed by atoms with van der Waals surface area (Å²) in [4.78, 5) is 39.0. The minimum Gasteiger partial charge on any atom is -0.466 e. The van der Waals surface area contributed by atoms with Crippen LogP contribution in [0.25, 0.3) is 28.2 Å². The van der Waals surface area contributed by atoms with Gasteiger partial charge in [-0.2, -0.15) is 5.26 Å². The van der Waals surface area contributed by atoms with E-state index in [1.54, 1.807) is 18.2 Å². The molecule has 8 nitrogen and oxygen atoms in total. The second kappa shape index (κ2) is 9.80. The Morgan fingerprint density at radius 3 is 2.55 bits per heavy atom. The molecule has 1 aromatic heterocycles. The molecular weight excluding hydrogens is 507 g/mol. The Balaban J connectivity index is 1.79. The van der Waals surface area contributed by atoms with Crippen molar-refractivity contribution >= 4 is 57.1 Å². The van der Waals surface area contributed by atoms with Gasteiger partial charge in [0, 0.05) is 17.3 Å². The zero-order valence-corrected chi connectivity index (χ0v) is 20.7. The van der Waals surface area contributed by atoms with Crippen molar-refractivity contribution in [3.63, 3.8) is 0 Å². The third kappa shape index (κ3) is 4.15. The fourth-order valence-corrected chi connectivity index (χ4v) is 5.55. The monoisotopic (exact) mass is 526 g/mol. The smallest absolute Gasteiger partial charge is 0.332 e. The lowest BCUT2D eigenvalue weighted by atomic mass is 9.83. The number of esters is 1. The number of hydrogen-bond acceptors (Lipinski definition) is 7. The molecule has 1 aliphatic heterocycles. The lowest BCUT2D eigenvalue weighted by Crippen LogP contribution is -2.41. The minimum absolute atomic E-state index is 0.0428. The Morgan fingerprint density at radius 2 is 1.84 bits per heavy atom. The number of ether oxygens (including phenoxy) is 1. The average Bonchev–Trinajstić information content (AvgIpc) is 3.24. The lowest BCUT2D eigenvalue weighted by Gasteiger charge is -2.25. The normalized spacial score (nSPS) is 15.2. The van der Waals surface area contributed by atoms with Gasteiger partial charge in [-0.15, -0.1) is 11.3 Å². The number of carbonyl (C=O) groups is 2. The molecule has 188 valence electrons. The quantitative estimate of drug-likeness (QED) is 0.393. The fraction of sp³-hybridized carbons (Fsp3) is 0.0714. The van der Waals surface area contributed by atoms with Crippen LogP contribution in [0, 0.1) is 17.1 Å². The van der Waals surface area contributed by atoms with E-state index >= 15 is 4.39 Å². The Hall–Kier alpha value is -5.01. The molecule has 4 aromatic rings. The summed E-state index contributed by atoms with van der Waals surface area (Å²) in [6.07, 6.45) is 0.981. The van der Waals surface area contributed by atoms with Crippen molar-refractivity contribution in [1.82, 2.24) is 4.57 Å². The highest BCUT2D eigenvalue weighted by molar-refractivity contribution is 7.07. The first-order valence-corrected chi connectivity index (χ1v) is 12.2. The van der Waals surface area contributed by atoms with E-state index in [0.717, 1.165) is 39.9 Å². The largest absolute Gasteiger partial charge is 0.466 e. The number of nitrogens with zero attached hydrogens (tertiary/aromatic N) is 2. The molecule has 1 amide bonds. The molecule has 0 saturated heterocycles. The predicted molar refractivity (Wildman–Crippen MR) is 142 cm³/mol. The van der Waals surface area contributed by atoms with Crippen LogP contribution in [0.5, 0.6) is 0 Å². The lowest BCUT2D eigenvalue weighted by molar-refractivity contribution is -0.133. The number of nitrogens with one attached hydrogen (secondary N) is 1. The van der Waals surface area contributed by atoms with Gasteiger partial charge in [0.15, 0.2) is 0 Å². The number of nitriles is 1. The van der Waals surface area contributed by atoms with Crippen LogP contribution in [0.4, 0.5) is 10.1 Å². The van der Waals surface area contributed by atoms with Crippen LogP contribution in [0.1, 0.15) is 11.5 Å². The van der Waals surface area contributed by atoms with E-state index in [9.17, 15) is 19.6 Å². The summed E-state index contributed by atoms with van der Waals surface area (Å²) in [5.41, 5.74) is 5.83. The molecule has 10 heteroatoms. The standard InChI is InChI=1S/C28H19FN4O4S/c1-37-22(34)13-21-27(36)33-25(31)19(14-30)23(18-8-4-5-9-20(18)29)24(28(33)38-21)26(35)32-17-11-10-15-6-2-3-7-16(15)12-17/h2-13,23H,31H2,1H3,(H,32,35)/b21-13-/t23-/m1/s1. The molecule has 0 radical (unpaired) electrons. The number of benzene rings is 3. The van der Waals surface area contributed by atoms with E-state index in [1.165, 1.54) is 18.2 Å². The molecule has 1 atom stereocenters. The molecule has 0 aliphatic carbocycles. The topological polar surface area (TPSA) is 127 Å². The van der Waals surface area contributed by atoms with Crippen molar-refractivity contribution in [3.8, 4) is 6.07 Å². The molecule has 0 unspecified atom stereocenters. The maximum Gasteiger partial charge on any atom is 0.332 e. The molecule has 0 saturated carbocycles. The van der Waals surface area contributed by atoms with E-state index in [2.05, 4.69) is 10.1 Å². The third-order valence-electron chi connectivity index (χ3n) is 6.19. The van der Waals surface area contributed by atoms with Gasteiger partial charge in [-0.05, 0) is 29.0 Å². The summed E-state index contributed by atoms with van der Waals surface area (Å²) in [7, 11) is 1.16. The van der Waals surface area contributed by atoms with Gasteiger partial charge < -0.3 is 15.8 Å². The van der Waals surface area contributed by atoms with Crippen LogP contribution >= 0.6 is 11.3 Å². The van der Waals surface area contributed by atoms with E-state index in [4.69, 9.17) is 5.73 Å². The SMILES string of the molecule is COC(=O)/C=c1\sc2n(c1=O)C(N)=C(C#N)[C@@H](c1ccccc1F)C=2C(=O)Nc1ccc2ccccc2c1. The molecule has 2 heterocycles. The fourth-order valence-electron chi connectivity index (χ4n) is 4.42. The molecule has 0 spiro atoms. The highest BCUT2D eigenvalue weighted by Gasteiger charge is 2.37. The Bertz CT molecular complexity index is 1900. The number of halogens is 1. The summed E-state index contributed by atoms with van der Waals surface area (Å²) < 4.78 is 20.7. The summed E-state index contributed by atoms with van der Waals surface area (Å²) in [6.45, 7) is 0. The van der Waals surface area contributed by atoms with Gasteiger partial charge in [0.2, 0.25) is 0 Å². The summed E-state index contributed by atoms with van der Waals surface area (Å²) >= 11 is 0.826. The third-order valence-corrected chi connectivity index (χ3v) is 7.30. The van der Waals surface area contributed by atoms with Crippen LogP contribution in [0.2, 0.25) is 0 Å². The number of amides is 1. The number of allylic oxidation sites excluding steroid dienone is 1. The zero-order chi connectivity index (χ0) is 27.0. The first kappa shape index (κ1) is 24.7. The van der Waals surface area contributed by atoms with Gasteiger partial charge in [0.25, 0.3) is 11.5 Å². The van der Waals surface area contributed by atoms with Gasteiger partial charge in [-0.25, -0.2) is 9.18 Å². The molecule has 3 aromatic carbocycles. The summed E-state index contributed by atoms with van der Waals surface area (Å²) in [5.74, 6) is -3.54. The molecule has 38 heavy (non-hydrogen) atoms. The Labute approximate surface area is 219 Å². The summed E-state index contributed by atoms with van der Waals surface area (Å²) in [5, 5.41) is 14.7. The molecule has 1 aliphatic rings. The first-order valence-electron chi connectivity index (χ1n) is 11.3. The number of hydrogen-bond donors (Lipinski definition) is 2.